The van der Waals surface area contributed by atoms with Crippen molar-refractivity contribution in [3.8, 4) is 0 Å². The van der Waals surface area contributed by atoms with Gasteiger partial charge in [0.2, 0.25) is 0 Å². The molecule has 0 aliphatic heterocycles. The van der Waals surface area contributed by atoms with Crippen LogP contribution in [0.15, 0.2) is 29.2 Å². The molecule has 0 bridgehead atoms. The maximum Gasteiger partial charge on any atom is 0.180 e. The first-order valence-corrected chi connectivity index (χ1v) is 7.75. The summed E-state index contributed by atoms with van der Waals surface area (Å²) in [6.07, 6.45) is 0.650. The fraction of sp³-hybridized carbons (Fsp3) is 0.538. The van der Waals surface area contributed by atoms with Crippen LogP contribution in [-0.4, -0.2) is 33.9 Å². The first-order valence-electron chi connectivity index (χ1n) is 6.09. The van der Waals surface area contributed by atoms with Crippen LogP contribution >= 0.6 is 0 Å². The van der Waals surface area contributed by atoms with Gasteiger partial charge in [-0.2, -0.15) is 0 Å². The number of rotatable bonds is 7. The smallest absolute Gasteiger partial charge is 0.180 e. The van der Waals surface area contributed by atoms with Crippen molar-refractivity contribution in [2.45, 2.75) is 31.3 Å². The van der Waals surface area contributed by atoms with Gasteiger partial charge in [-0.3, -0.25) is 0 Å². The van der Waals surface area contributed by atoms with E-state index in [1.807, 2.05) is 19.9 Å². The van der Waals surface area contributed by atoms with Crippen molar-refractivity contribution in [1.29, 1.82) is 0 Å². The van der Waals surface area contributed by atoms with Crippen LogP contribution in [-0.2, 0) is 14.6 Å². The highest BCUT2D eigenvalue weighted by atomic mass is 32.2. The van der Waals surface area contributed by atoms with Crippen molar-refractivity contribution in [2.24, 2.45) is 0 Å². The first kappa shape index (κ1) is 15.0. The topological polar surface area (TPSA) is 55.4 Å². The van der Waals surface area contributed by atoms with Gasteiger partial charge in [-0.05, 0) is 25.5 Å². The molecular weight excluding hydrogens is 250 g/mol. The molecule has 0 aliphatic carbocycles. The van der Waals surface area contributed by atoms with Crippen molar-refractivity contribution in [2.75, 3.05) is 24.7 Å². The Hall–Kier alpha value is -1.07. The summed E-state index contributed by atoms with van der Waals surface area (Å²) >= 11 is 0. The molecule has 1 aromatic carbocycles. The predicted molar refractivity (Wildman–Crippen MR) is 73.7 cm³/mol. The average molecular weight is 271 g/mol. The highest BCUT2D eigenvalue weighted by Crippen LogP contribution is 2.22. The lowest BCUT2D eigenvalue weighted by Crippen LogP contribution is -2.19. The van der Waals surface area contributed by atoms with E-state index in [2.05, 4.69) is 5.32 Å². The molecule has 0 saturated carbocycles. The van der Waals surface area contributed by atoms with Crippen molar-refractivity contribution in [3.63, 3.8) is 0 Å². The van der Waals surface area contributed by atoms with Crippen LogP contribution in [0.3, 0.4) is 0 Å². The lowest BCUT2D eigenvalue weighted by Gasteiger charge is -2.15. The molecule has 18 heavy (non-hydrogen) atoms. The molecule has 1 unspecified atom stereocenters. The zero-order valence-electron chi connectivity index (χ0n) is 11.1. The van der Waals surface area contributed by atoms with Crippen LogP contribution in [0.2, 0.25) is 0 Å². The highest BCUT2D eigenvalue weighted by molar-refractivity contribution is 7.91. The van der Waals surface area contributed by atoms with Crippen LogP contribution in [0.25, 0.3) is 0 Å². The van der Waals surface area contributed by atoms with Crippen LogP contribution in [0.4, 0.5) is 5.69 Å². The van der Waals surface area contributed by atoms with Gasteiger partial charge in [0.15, 0.2) is 9.84 Å². The summed E-state index contributed by atoms with van der Waals surface area (Å²) in [4.78, 5) is 0.371. The Kier molecular flexibility index (Phi) is 5.62. The quantitative estimate of drug-likeness (QED) is 0.827. The Morgan fingerprint density at radius 3 is 2.61 bits per heavy atom. The Bertz CT molecular complexity index is 471. The number of hydrogen-bond acceptors (Lipinski definition) is 4. The number of methoxy groups -OCH3 is 1. The molecule has 0 spiro atoms. The summed E-state index contributed by atoms with van der Waals surface area (Å²) in [5, 5.41) is 3.12. The third-order valence-electron chi connectivity index (χ3n) is 2.68. The fourth-order valence-electron chi connectivity index (χ4n) is 1.60. The van der Waals surface area contributed by atoms with E-state index in [9.17, 15) is 8.42 Å². The van der Waals surface area contributed by atoms with E-state index in [-0.39, 0.29) is 11.9 Å². The highest BCUT2D eigenvalue weighted by Gasteiger charge is 2.17. The van der Waals surface area contributed by atoms with Gasteiger partial charge in [0.25, 0.3) is 0 Å². The predicted octanol–water partition coefficient (Wildman–Crippen LogP) is 2.32. The number of benzene rings is 1. The summed E-state index contributed by atoms with van der Waals surface area (Å²) in [5.41, 5.74) is 0.648. The number of sulfone groups is 1. The standard InChI is InChI=1S/C13H21NO3S/c1-4-9-18(15,16)13-8-6-5-7-12(13)14-10-11(2)17-3/h5-8,11,14H,4,9-10H2,1-3H3. The first-order chi connectivity index (χ1) is 8.51. The Morgan fingerprint density at radius 1 is 1.33 bits per heavy atom. The molecule has 0 aliphatic rings. The number of anilines is 1. The van der Waals surface area contributed by atoms with E-state index >= 15 is 0 Å². The molecular formula is C13H21NO3S. The van der Waals surface area contributed by atoms with Crippen molar-refractivity contribution < 1.29 is 13.2 Å². The molecule has 0 amide bonds. The van der Waals surface area contributed by atoms with Gasteiger partial charge in [-0.15, -0.1) is 0 Å². The molecule has 4 nitrogen and oxygen atoms in total. The molecule has 0 aromatic heterocycles. The van der Waals surface area contributed by atoms with E-state index in [0.717, 1.165) is 0 Å². The van der Waals surface area contributed by atoms with Crippen molar-refractivity contribution >= 4 is 15.5 Å². The summed E-state index contributed by atoms with van der Waals surface area (Å²) in [6, 6.07) is 6.99. The van der Waals surface area contributed by atoms with Crippen LogP contribution in [0.5, 0.6) is 0 Å². The lowest BCUT2D eigenvalue weighted by molar-refractivity contribution is 0.128. The molecule has 0 saturated heterocycles. The van der Waals surface area contributed by atoms with Crippen molar-refractivity contribution in [1.82, 2.24) is 0 Å². The molecule has 5 heteroatoms. The van der Waals surface area contributed by atoms with E-state index in [1.54, 1.807) is 25.3 Å². The zero-order chi connectivity index (χ0) is 13.6. The SMILES string of the molecule is CCCS(=O)(=O)c1ccccc1NCC(C)OC. The van der Waals surface area contributed by atoms with E-state index in [4.69, 9.17) is 4.74 Å². The molecule has 1 atom stereocenters. The Labute approximate surface area is 109 Å². The van der Waals surface area contributed by atoms with Gasteiger partial charge in [0, 0.05) is 13.7 Å². The third kappa shape index (κ3) is 3.99. The van der Waals surface area contributed by atoms with Gasteiger partial charge in [0.1, 0.15) is 0 Å². The lowest BCUT2D eigenvalue weighted by atomic mass is 10.3. The summed E-state index contributed by atoms with van der Waals surface area (Å²) in [7, 11) is -1.57. The number of hydrogen-bond donors (Lipinski definition) is 1. The Balaban J connectivity index is 2.93. The maximum atomic E-state index is 12.1. The molecule has 1 rings (SSSR count). The third-order valence-corrected chi connectivity index (χ3v) is 4.65. The second-order valence-electron chi connectivity index (χ2n) is 4.24. The average Bonchev–Trinajstić information content (AvgIpc) is 2.36. The minimum absolute atomic E-state index is 0.0342. The second-order valence-corrected chi connectivity index (χ2v) is 6.32. The molecule has 0 heterocycles. The van der Waals surface area contributed by atoms with Gasteiger partial charge < -0.3 is 10.1 Å². The maximum absolute atomic E-state index is 12.1. The fourth-order valence-corrected chi connectivity index (χ4v) is 3.12. The summed E-state index contributed by atoms with van der Waals surface area (Å²) < 4.78 is 29.3. The molecule has 0 fully saturated rings. The minimum atomic E-state index is -3.20. The van der Waals surface area contributed by atoms with E-state index in [0.29, 0.717) is 23.5 Å². The molecule has 0 radical (unpaired) electrons. The monoisotopic (exact) mass is 271 g/mol. The number of para-hydroxylation sites is 1. The number of nitrogens with one attached hydrogen (secondary N) is 1. The normalized spacial score (nSPS) is 13.3. The molecule has 1 aromatic rings. The van der Waals surface area contributed by atoms with Gasteiger partial charge >= 0.3 is 0 Å². The Morgan fingerprint density at radius 2 is 2.00 bits per heavy atom. The van der Waals surface area contributed by atoms with Crippen LogP contribution in [0.1, 0.15) is 20.3 Å². The van der Waals surface area contributed by atoms with Crippen LogP contribution < -0.4 is 5.32 Å². The van der Waals surface area contributed by atoms with Crippen LogP contribution in [0, 0.1) is 0 Å². The van der Waals surface area contributed by atoms with Gasteiger partial charge in [-0.1, -0.05) is 19.1 Å². The molecule has 102 valence electrons. The van der Waals surface area contributed by atoms with Gasteiger partial charge in [0.05, 0.1) is 22.4 Å². The summed E-state index contributed by atoms with van der Waals surface area (Å²) in [5.74, 6) is 0.172. The largest absolute Gasteiger partial charge is 0.381 e. The summed E-state index contributed by atoms with van der Waals surface area (Å²) in [6.45, 7) is 4.37. The van der Waals surface area contributed by atoms with E-state index < -0.39 is 9.84 Å². The number of ether oxygens (including phenoxy) is 1. The zero-order valence-corrected chi connectivity index (χ0v) is 12.0. The minimum Gasteiger partial charge on any atom is -0.381 e. The second kappa shape index (κ2) is 6.75. The molecule has 1 N–H and O–H groups in total. The van der Waals surface area contributed by atoms with E-state index in [1.165, 1.54) is 0 Å². The van der Waals surface area contributed by atoms with Crippen molar-refractivity contribution in [3.05, 3.63) is 24.3 Å². The van der Waals surface area contributed by atoms with Gasteiger partial charge in [-0.25, -0.2) is 8.42 Å².